The van der Waals surface area contributed by atoms with Gasteiger partial charge in [-0.05, 0) is 30.7 Å². The number of carbonyl (C=O) groups is 2. The van der Waals surface area contributed by atoms with Crippen LogP contribution in [0.5, 0.6) is 0 Å². The zero-order valence-corrected chi connectivity index (χ0v) is 16.6. The van der Waals surface area contributed by atoms with E-state index in [-0.39, 0.29) is 12.5 Å². The molecule has 0 radical (unpaired) electrons. The molecule has 0 aliphatic carbocycles. The first kappa shape index (κ1) is 19.5. The van der Waals surface area contributed by atoms with Crippen LogP contribution < -0.4 is 5.32 Å². The minimum absolute atomic E-state index is 0.323. The van der Waals surface area contributed by atoms with E-state index in [0.29, 0.717) is 17.0 Å². The van der Waals surface area contributed by atoms with Crippen molar-refractivity contribution in [2.24, 2.45) is 4.99 Å². The first-order chi connectivity index (χ1) is 13.1. The summed E-state index contributed by atoms with van der Waals surface area (Å²) in [5.74, 6) is 0.802. The Labute approximate surface area is 167 Å². The van der Waals surface area contributed by atoms with Gasteiger partial charge >= 0.3 is 5.97 Å². The molecule has 1 N–H and O–H groups in total. The lowest BCUT2D eigenvalue weighted by Crippen LogP contribution is -2.21. The van der Waals surface area contributed by atoms with Crippen molar-refractivity contribution in [3.8, 4) is 0 Å². The molecule has 0 atom stereocenters. The molecule has 0 unspecified atom stereocenters. The van der Waals surface area contributed by atoms with Crippen molar-refractivity contribution < 1.29 is 14.3 Å². The van der Waals surface area contributed by atoms with Crippen LogP contribution in [0.2, 0.25) is 0 Å². The lowest BCUT2D eigenvalue weighted by atomic mass is 10.1. The normalized spacial score (nSPS) is 13.1. The molecule has 0 aromatic heterocycles. The zero-order valence-electron chi connectivity index (χ0n) is 14.9. The van der Waals surface area contributed by atoms with Gasteiger partial charge in [-0.2, -0.15) is 0 Å². The van der Waals surface area contributed by atoms with Crippen molar-refractivity contribution in [3.63, 3.8) is 0 Å². The van der Waals surface area contributed by atoms with Gasteiger partial charge in [-0.25, -0.2) is 4.79 Å². The lowest BCUT2D eigenvalue weighted by Gasteiger charge is -2.10. The van der Waals surface area contributed by atoms with E-state index in [2.05, 4.69) is 10.3 Å². The van der Waals surface area contributed by atoms with Gasteiger partial charge in [0.1, 0.15) is 4.38 Å². The highest BCUT2D eigenvalue weighted by atomic mass is 32.2. The second-order valence-electron chi connectivity index (χ2n) is 5.93. The Hall–Kier alpha value is -2.25. The smallest absolute Gasteiger partial charge is 0.338 e. The zero-order chi connectivity index (χ0) is 19.1. The molecule has 27 heavy (non-hydrogen) atoms. The highest BCUT2D eigenvalue weighted by Crippen LogP contribution is 2.26. The fraction of sp³-hybridized carbons (Fsp3) is 0.250. The van der Waals surface area contributed by atoms with E-state index in [0.717, 1.165) is 27.8 Å². The highest BCUT2D eigenvalue weighted by Gasteiger charge is 2.16. The number of ether oxygens (including phenoxy) is 1. The summed E-state index contributed by atoms with van der Waals surface area (Å²) in [5.41, 5.74) is 3.14. The number of anilines is 1. The second kappa shape index (κ2) is 9.62. The predicted molar refractivity (Wildman–Crippen MR) is 113 cm³/mol. The fourth-order valence-corrected chi connectivity index (χ4v) is 4.44. The summed E-state index contributed by atoms with van der Waals surface area (Å²) < 4.78 is 6.25. The summed E-state index contributed by atoms with van der Waals surface area (Å²) in [6, 6.07) is 14.7. The van der Waals surface area contributed by atoms with Gasteiger partial charge in [-0.15, -0.1) is 0 Å². The maximum absolute atomic E-state index is 12.4. The van der Waals surface area contributed by atoms with E-state index in [1.807, 2.05) is 43.3 Å². The fourth-order valence-electron chi connectivity index (χ4n) is 2.43. The van der Waals surface area contributed by atoms with E-state index < -0.39 is 5.97 Å². The molecule has 0 spiro atoms. The molecule has 0 fully saturated rings. The molecule has 2 aromatic rings. The van der Waals surface area contributed by atoms with E-state index in [1.165, 1.54) is 0 Å². The third kappa shape index (κ3) is 5.87. The molecule has 140 valence electrons. The number of amides is 1. The third-order valence-corrected chi connectivity index (χ3v) is 6.12. The van der Waals surface area contributed by atoms with E-state index in [4.69, 9.17) is 4.74 Å². The molecule has 1 aliphatic heterocycles. The van der Waals surface area contributed by atoms with Gasteiger partial charge in [0.25, 0.3) is 5.91 Å². The van der Waals surface area contributed by atoms with Gasteiger partial charge < -0.3 is 10.1 Å². The Morgan fingerprint density at radius 2 is 1.96 bits per heavy atom. The molecule has 1 amide bonds. The topological polar surface area (TPSA) is 67.8 Å². The molecule has 2 aromatic carbocycles. The van der Waals surface area contributed by atoms with E-state index >= 15 is 0 Å². The number of nitrogens with zero attached hydrogens (tertiary/aromatic N) is 1. The Bertz CT molecular complexity index is 851. The first-order valence-corrected chi connectivity index (χ1v) is 10.5. The van der Waals surface area contributed by atoms with Crippen LogP contribution in [0, 0.1) is 6.92 Å². The van der Waals surface area contributed by atoms with Crippen molar-refractivity contribution >= 4 is 45.5 Å². The van der Waals surface area contributed by atoms with Crippen LogP contribution in [0.3, 0.4) is 0 Å². The number of rotatable bonds is 6. The number of nitrogens with one attached hydrogen (secondary N) is 1. The third-order valence-electron chi connectivity index (χ3n) is 3.82. The van der Waals surface area contributed by atoms with Crippen LogP contribution in [-0.4, -0.2) is 35.2 Å². The van der Waals surface area contributed by atoms with Crippen molar-refractivity contribution in [1.29, 1.82) is 0 Å². The summed E-state index contributed by atoms with van der Waals surface area (Å²) in [5, 5.41) is 2.71. The van der Waals surface area contributed by atoms with Crippen LogP contribution >= 0.6 is 23.5 Å². The molecular weight excluding hydrogens is 380 g/mol. The summed E-state index contributed by atoms with van der Waals surface area (Å²) in [7, 11) is 0. The molecule has 7 heteroatoms. The number of aryl methyl sites for hydroxylation is 1. The minimum atomic E-state index is -0.494. The Morgan fingerprint density at radius 3 is 2.70 bits per heavy atom. The van der Waals surface area contributed by atoms with Crippen LogP contribution in [-0.2, 0) is 15.3 Å². The summed E-state index contributed by atoms with van der Waals surface area (Å²) in [6.07, 6.45) is 0. The number of hydrogen-bond acceptors (Lipinski definition) is 6. The van der Waals surface area contributed by atoms with Gasteiger partial charge in [0, 0.05) is 17.2 Å². The average molecular weight is 401 g/mol. The maximum atomic E-state index is 12.4. The van der Waals surface area contributed by atoms with Crippen LogP contribution in [0.25, 0.3) is 0 Å². The van der Waals surface area contributed by atoms with Gasteiger partial charge in [0.05, 0.1) is 12.1 Å². The number of aliphatic imine (C=N–C) groups is 1. The number of benzene rings is 2. The predicted octanol–water partition coefficient (Wildman–Crippen LogP) is 4.13. The molecular formula is C20H20N2O3S2. The highest BCUT2D eigenvalue weighted by molar-refractivity contribution is 8.38. The SMILES string of the molecule is Cc1ccc(NC(=O)COC(=O)c2ccccc2CSC2=NCCS2)cc1. The van der Waals surface area contributed by atoms with Crippen molar-refractivity contribution in [3.05, 3.63) is 65.2 Å². The molecule has 0 bridgehead atoms. The average Bonchev–Trinajstić information content (AvgIpc) is 3.20. The molecule has 1 heterocycles. The molecule has 0 saturated heterocycles. The first-order valence-electron chi connectivity index (χ1n) is 8.53. The van der Waals surface area contributed by atoms with Crippen molar-refractivity contribution in [1.82, 2.24) is 0 Å². The summed E-state index contributed by atoms with van der Waals surface area (Å²) >= 11 is 3.36. The standard InChI is InChI=1S/C20H20N2O3S2/c1-14-6-8-16(9-7-14)22-18(23)12-25-19(24)17-5-3-2-4-15(17)13-27-20-21-10-11-26-20/h2-9H,10-13H2,1H3,(H,22,23). The van der Waals surface area contributed by atoms with Gasteiger partial charge in [0.2, 0.25) is 0 Å². The van der Waals surface area contributed by atoms with E-state index in [1.54, 1.807) is 35.7 Å². The number of hydrogen-bond donors (Lipinski definition) is 1. The minimum Gasteiger partial charge on any atom is -0.452 e. The monoisotopic (exact) mass is 400 g/mol. The number of thioether (sulfide) groups is 2. The van der Waals surface area contributed by atoms with Gasteiger partial charge in [0.15, 0.2) is 6.61 Å². The van der Waals surface area contributed by atoms with Crippen LogP contribution in [0.4, 0.5) is 5.69 Å². The van der Waals surface area contributed by atoms with Gasteiger partial charge in [-0.1, -0.05) is 59.4 Å². The second-order valence-corrected chi connectivity index (χ2v) is 8.24. The molecule has 0 saturated carbocycles. The molecule has 1 aliphatic rings. The maximum Gasteiger partial charge on any atom is 0.338 e. The Morgan fingerprint density at radius 1 is 1.19 bits per heavy atom. The van der Waals surface area contributed by atoms with Crippen molar-refractivity contribution in [2.75, 3.05) is 24.2 Å². The van der Waals surface area contributed by atoms with E-state index in [9.17, 15) is 9.59 Å². The van der Waals surface area contributed by atoms with Gasteiger partial charge in [-0.3, -0.25) is 9.79 Å². The Balaban J connectivity index is 1.54. The van der Waals surface area contributed by atoms with Crippen molar-refractivity contribution in [2.45, 2.75) is 12.7 Å². The quantitative estimate of drug-likeness (QED) is 0.739. The number of carbonyl (C=O) groups excluding carboxylic acids is 2. The largest absolute Gasteiger partial charge is 0.452 e. The summed E-state index contributed by atoms with van der Waals surface area (Å²) in [4.78, 5) is 28.8. The number of esters is 1. The summed E-state index contributed by atoms with van der Waals surface area (Å²) in [6.45, 7) is 2.50. The Kier molecular flexibility index (Phi) is 6.95. The molecule has 5 nitrogen and oxygen atoms in total. The molecule has 3 rings (SSSR count). The van der Waals surface area contributed by atoms with Crippen LogP contribution in [0.15, 0.2) is 53.5 Å². The lowest BCUT2D eigenvalue weighted by molar-refractivity contribution is -0.119. The van der Waals surface area contributed by atoms with Crippen LogP contribution in [0.1, 0.15) is 21.5 Å².